The predicted octanol–water partition coefficient (Wildman–Crippen LogP) is 2.30. The minimum Gasteiger partial charge on any atom is -0.463 e. The summed E-state index contributed by atoms with van der Waals surface area (Å²) in [6.07, 6.45) is 0. The quantitative estimate of drug-likeness (QED) is 0.362. The molecule has 0 aromatic carbocycles. The van der Waals surface area contributed by atoms with Crippen LogP contribution >= 0.6 is 7.82 Å². The molecule has 0 unspecified atom stereocenters. The number of phosphoric ester groups is 1. The minimum absolute atomic E-state index is 0.0616. The van der Waals surface area contributed by atoms with Crippen LogP contribution in [0.2, 0.25) is 0 Å². The van der Waals surface area contributed by atoms with E-state index in [-0.39, 0.29) is 32.0 Å². The lowest BCUT2D eigenvalue weighted by Crippen LogP contribution is -2.12. The average molecular weight is 266 g/mol. The number of phosphoric acid groups is 1. The molecule has 0 spiro atoms. The third-order valence-corrected chi connectivity index (χ3v) is 3.13. The molecule has 0 aliphatic carbocycles. The lowest BCUT2D eigenvalue weighted by molar-refractivity contribution is -0.138. The third kappa shape index (κ3) is 6.58. The SMILES string of the molecule is C=C(COP(=O)(OCC)OCC)C(=O)OCC. The van der Waals surface area contributed by atoms with E-state index in [9.17, 15) is 9.36 Å². The molecule has 0 atom stereocenters. The van der Waals surface area contributed by atoms with Crippen molar-refractivity contribution in [2.75, 3.05) is 26.4 Å². The molecule has 0 fully saturated rings. The maximum atomic E-state index is 11.8. The van der Waals surface area contributed by atoms with Gasteiger partial charge >= 0.3 is 13.8 Å². The van der Waals surface area contributed by atoms with Gasteiger partial charge in [0.25, 0.3) is 0 Å². The Hall–Kier alpha value is -0.680. The third-order valence-electron chi connectivity index (χ3n) is 1.54. The molecular formula is C10H19O6P. The van der Waals surface area contributed by atoms with Crippen molar-refractivity contribution in [2.24, 2.45) is 0 Å². The smallest absolute Gasteiger partial charge is 0.463 e. The van der Waals surface area contributed by atoms with Crippen LogP contribution in [0.4, 0.5) is 0 Å². The fourth-order valence-electron chi connectivity index (χ4n) is 0.877. The Labute approximate surface area is 101 Å². The van der Waals surface area contributed by atoms with Gasteiger partial charge in [-0.3, -0.25) is 13.6 Å². The number of hydrogen-bond acceptors (Lipinski definition) is 6. The van der Waals surface area contributed by atoms with Gasteiger partial charge in [0.2, 0.25) is 0 Å². The van der Waals surface area contributed by atoms with Crippen molar-refractivity contribution in [1.82, 2.24) is 0 Å². The van der Waals surface area contributed by atoms with Gasteiger partial charge in [0, 0.05) is 0 Å². The van der Waals surface area contributed by atoms with E-state index in [1.165, 1.54) is 0 Å². The summed E-state index contributed by atoms with van der Waals surface area (Å²) >= 11 is 0. The van der Waals surface area contributed by atoms with Gasteiger partial charge in [-0.2, -0.15) is 0 Å². The number of rotatable bonds is 9. The molecule has 0 aliphatic rings. The van der Waals surface area contributed by atoms with Crippen LogP contribution in [0, 0.1) is 0 Å². The number of ether oxygens (including phenoxy) is 1. The normalized spacial score (nSPS) is 11.2. The molecule has 0 aliphatic heterocycles. The van der Waals surface area contributed by atoms with E-state index in [0.717, 1.165) is 0 Å². The second-order valence-electron chi connectivity index (χ2n) is 2.88. The highest BCUT2D eigenvalue weighted by Gasteiger charge is 2.26. The first-order valence-electron chi connectivity index (χ1n) is 5.37. The predicted molar refractivity (Wildman–Crippen MR) is 62.6 cm³/mol. The lowest BCUT2D eigenvalue weighted by Gasteiger charge is -2.16. The molecule has 0 radical (unpaired) electrons. The van der Waals surface area contributed by atoms with Crippen molar-refractivity contribution in [2.45, 2.75) is 20.8 Å². The van der Waals surface area contributed by atoms with Crippen LogP contribution in [-0.2, 0) is 27.7 Å². The van der Waals surface area contributed by atoms with E-state index in [1.807, 2.05) is 0 Å². The van der Waals surface area contributed by atoms with Crippen LogP contribution in [0.15, 0.2) is 12.2 Å². The largest absolute Gasteiger partial charge is 0.475 e. The first-order chi connectivity index (χ1) is 7.99. The molecule has 0 saturated heterocycles. The first kappa shape index (κ1) is 16.3. The topological polar surface area (TPSA) is 71.1 Å². The maximum Gasteiger partial charge on any atom is 0.475 e. The van der Waals surface area contributed by atoms with Gasteiger partial charge in [-0.15, -0.1) is 0 Å². The fourth-order valence-corrected chi connectivity index (χ4v) is 2.05. The summed E-state index contributed by atoms with van der Waals surface area (Å²) in [7, 11) is -3.60. The molecule has 0 N–H and O–H groups in total. The molecule has 0 rings (SSSR count). The summed E-state index contributed by atoms with van der Waals surface area (Å²) < 4.78 is 31.2. The first-order valence-corrected chi connectivity index (χ1v) is 6.83. The zero-order valence-electron chi connectivity index (χ0n) is 10.4. The van der Waals surface area contributed by atoms with Crippen molar-refractivity contribution in [3.63, 3.8) is 0 Å². The Morgan fingerprint density at radius 3 is 2.00 bits per heavy atom. The zero-order valence-corrected chi connectivity index (χ0v) is 11.3. The number of esters is 1. The van der Waals surface area contributed by atoms with Gasteiger partial charge < -0.3 is 4.74 Å². The highest BCUT2D eigenvalue weighted by molar-refractivity contribution is 7.48. The van der Waals surface area contributed by atoms with E-state index in [4.69, 9.17) is 18.3 Å². The fraction of sp³-hybridized carbons (Fsp3) is 0.700. The van der Waals surface area contributed by atoms with E-state index in [0.29, 0.717) is 0 Å². The standard InChI is InChI=1S/C10H19O6P/c1-5-13-10(11)9(4)8-16-17(12,14-6-2)15-7-3/h4-8H2,1-3H3. The molecule has 0 amide bonds. The highest BCUT2D eigenvalue weighted by atomic mass is 31.2. The van der Waals surface area contributed by atoms with E-state index in [1.54, 1.807) is 20.8 Å². The van der Waals surface area contributed by atoms with Gasteiger partial charge in [0.15, 0.2) is 0 Å². The van der Waals surface area contributed by atoms with Crippen molar-refractivity contribution in [3.05, 3.63) is 12.2 Å². The van der Waals surface area contributed by atoms with Crippen LogP contribution < -0.4 is 0 Å². The second kappa shape index (κ2) is 8.42. The Morgan fingerprint density at radius 2 is 1.59 bits per heavy atom. The Morgan fingerprint density at radius 1 is 1.06 bits per heavy atom. The summed E-state index contributed by atoms with van der Waals surface area (Å²) in [4.78, 5) is 11.2. The molecule has 7 heteroatoms. The van der Waals surface area contributed by atoms with E-state index < -0.39 is 13.8 Å². The Balaban J connectivity index is 4.26. The minimum atomic E-state index is -3.60. The Kier molecular flexibility index (Phi) is 8.08. The molecule has 100 valence electrons. The summed E-state index contributed by atoms with van der Waals surface area (Å²) in [6, 6.07) is 0. The van der Waals surface area contributed by atoms with Crippen molar-refractivity contribution in [1.29, 1.82) is 0 Å². The summed E-state index contributed by atoms with van der Waals surface area (Å²) in [5, 5.41) is 0. The molecule has 0 bridgehead atoms. The van der Waals surface area contributed by atoms with Crippen LogP contribution in [0.1, 0.15) is 20.8 Å². The monoisotopic (exact) mass is 266 g/mol. The van der Waals surface area contributed by atoms with E-state index >= 15 is 0 Å². The van der Waals surface area contributed by atoms with Crippen molar-refractivity contribution >= 4 is 13.8 Å². The lowest BCUT2D eigenvalue weighted by atomic mass is 10.3. The molecular weight excluding hydrogens is 247 g/mol. The maximum absolute atomic E-state index is 11.8. The second-order valence-corrected chi connectivity index (χ2v) is 4.55. The van der Waals surface area contributed by atoms with Gasteiger partial charge in [0.1, 0.15) is 0 Å². The van der Waals surface area contributed by atoms with Crippen molar-refractivity contribution in [3.8, 4) is 0 Å². The highest BCUT2D eigenvalue weighted by Crippen LogP contribution is 2.49. The molecule has 0 heterocycles. The van der Waals surface area contributed by atoms with Gasteiger partial charge in [-0.1, -0.05) is 6.58 Å². The molecule has 0 aromatic heterocycles. The Bertz CT molecular complexity index is 291. The molecule has 0 aromatic rings. The van der Waals surface area contributed by atoms with Crippen LogP contribution in [-0.4, -0.2) is 32.4 Å². The summed E-state index contributed by atoms with van der Waals surface area (Å²) in [5.74, 6) is -0.591. The number of carbonyl (C=O) groups is 1. The van der Waals surface area contributed by atoms with E-state index in [2.05, 4.69) is 6.58 Å². The van der Waals surface area contributed by atoms with Crippen LogP contribution in [0.5, 0.6) is 0 Å². The van der Waals surface area contributed by atoms with Gasteiger partial charge in [0.05, 0.1) is 32.0 Å². The average Bonchev–Trinajstić information content (AvgIpc) is 2.27. The number of hydrogen-bond donors (Lipinski definition) is 0. The summed E-state index contributed by atoms with van der Waals surface area (Å²) in [5.41, 5.74) is 0.0616. The van der Waals surface area contributed by atoms with Crippen molar-refractivity contribution < 1.29 is 27.7 Å². The van der Waals surface area contributed by atoms with Crippen LogP contribution in [0.25, 0.3) is 0 Å². The van der Waals surface area contributed by atoms with Gasteiger partial charge in [-0.25, -0.2) is 9.36 Å². The zero-order chi connectivity index (χ0) is 13.3. The van der Waals surface area contributed by atoms with Crippen LogP contribution in [0.3, 0.4) is 0 Å². The number of carbonyl (C=O) groups excluding carboxylic acids is 1. The summed E-state index contributed by atoms with van der Waals surface area (Å²) in [6.45, 7) is 8.82. The van der Waals surface area contributed by atoms with Gasteiger partial charge in [-0.05, 0) is 20.8 Å². The molecule has 17 heavy (non-hydrogen) atoms. The molecule has 0 saturated carbocycles. The molecule has 6 nitrogen and oxygen atoms in total.